The van der Waals surface area contributed by atoms with Crippen LogP contribution < -0.4 is 21.7 Å². The van der Waals surface area contributed by atoms with Crippen molar-refractivity contribution in [2.75, 3.05) is 13.2 Å². The number of rotatable bonds is 5. The molecule has 3 rings (SSSR count). The molecule has 1 unspecified atom stereocenters. The van der Waals surface area contributed by atoms with Crippen LogP contribution in [0.3, 0.4) is 0 Å². The van der Waals surface area contributed by atoms with Gasteiger partial charge in [0, 0.05) is 13.6 Å². The zero-order chi connectivity index (χ0) is 18.8. The molecule has 0 saturated carbocycles. The minimum absolute atomic E-state index is 0.164. The molecular formula is C17H18N6O3. The summed E-state index contributed by atoms with van der Waals surface area (Å²) in [5.74, 6) is 0. The number of hydrogen-bond acceptors (Lipinski definition) is 6. The molecule has 0 aliphatic rings. The predicted molar refractivity (Wildman–Crippen MR) is 95.1 cm³/mol. The quantitative estimate of drug-likeness (QED) is 0.675. The van der Waals surface area contributed by atoms with Crippen molar-refractivity contribution in [1.82, 2.24) is 19.1 Å². The Hall–Kier alpha value is -3.38. The molecule has 0 bridgehead atoms. The van der Waals surface area contributed by atoms with E-state index in [9.17, 15) is 14.9 Å². The van der Waals surface area contributed by atoms with E-state index in [0.29, 0.717) is 11.1 Å². The highest BCUT2D eigenvalue weighted by Crippen LogP contribution is 2.29. The fourth-order valence-electron chi connectivity index (χ4n) is 2.90. The molecule has 2 aromatic heterocycles. The fourth-order valence-corrected chi connectivity index (χ4v) is 2.90. The number of imidazole rings is 1. The molecule has 1 aromatic carbocycles. The molecule has 0 radical (unpaired) electrons. The van der Waals surface area contributed by atoms with Gasteiger partial charge in [-0.2, -0.15) is 10.2 Å². The van der Waals surface area contributed by atoms with Crippen molar-refractivity contribution >= 4 is 11.2 Å². The van der Waals surface area contributed by atoms with E-state index >= 15 is 0 Å². The van der Waals surface area contributed by atoms with Crippen molar-refractivity contribution in [3.8, 4) is 12.1 Å². The lowest BCUT2D eigenvalue weighted by Crippen LogP contribution is -2.29. The Balaban J connectivity index is 2.33. The highest BCUT2D eigenvalue weighted by molar-refractivity contribution is 5.72. The summed E-state index contributed by atoms with van der Waals surface area (Å²) >= 11 is 0. The van der Waals surface area contributed by atoms with Gasteiger partial charge in [0.2, 0.25) is 0 Å². The second-order valence-corrected chi connectivity index (χ2v) is 5.77. The van der Waals surface area contributed by atoms with Crippen LogP contribution in [0.25, 0.3) is 11.2 Å². The van der Waals surface area contributed by atoms with Gasteiger partial charge in [0.25, 0.3) is 11.6 Å². The van der Waals surface area contributed by atoms with Crippen LogP contribution in [-0.2, 0) is 7.05 Å². The Bertz CT molecular complexity index is 1120. The van der Waals surface area contributed by atoms with Crippen LogP contribution in [0.5, 0.6) is 6.01 Å². The number of aromatic nitrogens is 4. The summed E-state index contributed by atoms with van der Waals surface area (Å²) in [5, 5.41) is 9.39. The predicted octanol–water partition coefficient (Wildman–Crippen LogP) is 0.242. The van der Waals surface area contributed by atoms with Gasteiger partial charge in [-0.15, -0.1) is 0 Å². The molecule has 2 heterocycles. The minimum atomic E-state index is -0.570. The van der Waals surface area contributed by atoms with Crippen LogP contribution in [0.4, 0.5) is 0 Å². The molecule has 3 N–H and O–H groups in total. The van der Waals surface area contributed by atoms with Gasteiger partial charge in [0.05, 0.1) is 17.7 Å². The zero-order valence-electron chi connectivity index (χ0n) is 14.4. The standard InChI is InChI=1S/C17H18N6O3/c1-10(12-6-4-3-5-11(12)9-19)23-13-14(20-17(23)26-8-7-18)22(2)16(25)21-15(13)24/h3-6,10H,7-8,18H2,1-2H3,(H,21,24,25). The summed E-state index contributed by atoms with van der Waals surface area (Å²) in [4.78, 5) is 30.9. The number of nitrogens with zero attached hydrogens (tertiary/aromatic N) is 4. The van der Waals surface area contributed by atoms with Gasteiger partial charge in [-0.3, -0.25) is 18.9 Å². The number of hydrogen-bond donors (Lipinski definition) is 2. The van der Waals surface area contributed by atoms with E-state index in [2.05, 4.69) is 16.0 Å². The van der Waals surface area contributed by atoms with Gasteiger partial charge < -0.3 is 10.5 Å². The lowest BCUT2D eigenvalue weighted by atomic mass is 10.0. The van der Waals surface area contributed by atoms with E-state index in [1.807, 2.05) is 13.0 Å². The molecule has 26 heavy (non-hydrogen) atoms. The van der Waals surface area contributed by atoms with Gasteiger partial charge >= 0.3 is 5.69 Å². The number of fused-ring (bicyclic) bond motifs is 1. The maximum Gasteiger partial charge on any atom is 0.329 e. The molecule has 134 valence electrons. The highest BCUT2D eigenvalue weighted by Gasteiger charge is 2.24. The third-order valence-corrected chi connectivity index (χ3v) is 4.19. The zero-order valence-corrected chi connectivity index (χ0v) is 14.4. The molecule has 9 nitrogen and oxygen atoms in total. The summed E-state index contributed by atoms with van der Waals surface area (Å²) < 4.78 is 8.44. The largest absolute Gasteiger partial charge is 0.463 e. The fraction of sp³-hybridized carbons (Fsp3) is 0.294. The van der Waals surface area contributed by atoms with E-state index in [1.165, 1.54) is 11.6 Å². The smallest absolute Gasteiger partial charge is 0.329 e. The molecule has 0 saturated heterocycles. The Kier molecular flexibility index (Phi) is 4.60. The Morgan fingerprint density at radius 1 is 1.38 bits per heavy atom. The maximum atomic E-state index is 12.5. The number of nitrogens with two attached hydrogens (primary N) is 1. The first-order valence-corrected chi connectivity index (χ1v) is 8.02. The normalized spacial score (nSPS) is 12.1. The number of aryl methyl sites for hydroxylation is 1. The number of ether oxygens (including phenoxy) is 1. The van der Waals surface area contributed by atoms with Crippen LogP contribution in [0.2, 0.25) is 0 Å². The number of nitriles is 1. The molecule has 0 amide bonds. The molecular weight excluding hydrogens is 336 g/mol. The topological polar surface area (TPSA) is 132 Å². The van der Waals surface area contributed by atoms with Crippen LogP contribution in [0, 0.1) is 11.3 Å². The van der Waals surface area contributed by atoms with Gasteiger partial charge in [0.15, 0.2) is 11.2 Å². The summed E-state index contributed by atoms with van der Waals surface area (Å²) in [6.07, 6.45) is 0. The number of aromatic amines is 1. The van der Waals surface area contributed by atoms with E-state index in [1.54, 1.807) is 22.8 Å². The van der Waals surface area contributed by atoms with Crippen LogP contribution in [0.1, 0.15) is 24.1 Å². The second kappa shape index (κ2) is 6.85. The highest BCUT2D eigenvalue weighted by atomic mass is 16.5. The number of nitrogens with one attached hydrogen (secondary N) is 1. The average molecular weight is 354 g/mol. The van der Waals surface area contributed by atoms with Gasteiger partial charge in [-0.1, -0.05) is 18.2 Å². The van der Waals surface area contributed by atoms with Crippen molar-refractivity contribution < 1.29 is 4.74 Å². The van der Waals surface area contributed by atoms with Crippen molar-refractivity contribution in [3.05, 3.63) is 56.2 Å². The van der Waals surface area contributed by atoms with Crippen LogP contribution >= 0.6 is 0 Å². The summed E-state index contributed by atoms with van der Waals surface area (Å²) in [6, 6.07) is 8.97. The van der Waals surface area contributed by atoms with E-state index in [0.717, 1.165) is 0 Å². The first-order chi connectivity index (χ1) is 12.5. The van der Waals surface area contributed by atoms with E-state index in [-0.39, 0.29) is 30.3 Å². The molecule has 0 aliphatic carbocycles. The molecule has 0 spiro atoms. The van der Waals surface area contributed by atoms with Gasteiger partial charge in [-0.05, 0) is 18.6 Å². The lowest BCUT2D eigenvalue weighted by Gasteiger charge is -2.18. The van der Waals surface area contributed by atoms with Crippen molar-refractivity contribution in [3.63, 3.8) is 0 Å². The average Bonchev–Trinajstić information content (AvgIpc) is 3.04. The Morgan fingerprint density at radius 2 is 2.12 bits per heavy atom. The molecule has 0 aliphatic heterocycles. The van der Waals surface area contributed by atoms with Gasteiger partial charge in [0.1, 0.15) is 6.61 Å². The lowest BCUT2D eigenvalue weighted by molar-refractivity contribution is 0.285. The summed E-state index contributed by atoms with van der Waals surface area (Å²) in [7, 11) is 1.51. The van der Waals surface area contributed by atoms with Crippen LogP contribution in [-0.4, -0.2) is 32.3 Å². The minimum Gasteiger partial charge on any atom is -0.463 e. The Morgan fingerprint density at radius 3 is 2.81 bits per heavy atom. The third kappa shape index (κ3) is 2.76. The molecule has 3 aromatic rings. The van der Waals surface area contributed by atoms with Gasteiger partial charge in [-0.25, -0.2) is 4.79 Å². The molecule has 0 fully saturated rings. The SMILES string of the molecule is CC(c1ccccc1C#N)n1c(OCCN)nc2c1c(=O)[nH]c(=O)n2C. The monoisotopic (exact) mass is 354 g/mol. The van der Waals surface area contributed by atoms with Crippen LogP contribution in [0.15, 0.2) is 33.9 Å². The third-order valence-electron chi connectivity index (χ3n) is 4.19. The molecule has 9 heteroatoms. The number of benzene rings is 1. The number of H-pyrrole nitrogens is 1. The molecule has 1 atom stereocenters. The second-order valence-electron chi connectivity index (χ2n) is 5.77. The van der Waals surface area contributed by atoms with E-state index < -0.39 is 17.3 Å². The summed E-state index contributed by atoms with van der Waals surface area (Å²) in [6.45, 7) is 2.29. The van der Waals surface area contributed by atoms with Crippen molar-refractivity contribution in [2.24, 2.45) is 12.8 Å². The first-order valence-electron chi connectivity index (χ1n) is 8.02. The Labute approximate surface area is 148 Å². The van der Waals surface area contributed by atoms with Crippen molar-refractivity contribution in [1.29, 1.82) is 5.26 Å². The van der Waals surface area contributed by atoms with Crippen molar-refractivity contribution in [2.45, 2.75) is 13.0 Å². The maximum absolute atomic E-state index is 12.5. The first kappa shape index (κ1) is 17.4. The summed E-state index contributed by atoms with van der Waals surface area (Å²) in [5.41, 5.74) is 5.96. The van der Waals surface area contributed by atoms with E-state index in [4.69, 9.17) is 10.5 Å².